The highest BCUT2D eigenvalue weighted by atomic mass is 16.1. The van der Waals surface area contributed by atoms with Crippen LogP contribution < -0.4 is 10.6 Å². The Balaban J connectivity index is 1.41. The fourth-order valence-corrected chi connectivity index (χ4v) is 2.66. The van der Waals surface area contributed by atoms with Crippen LogP contribution in [-0.4, -0.2) is 33.5 Å². The van der Waals surface area contributed by atoms with Crippen molar-refractivity contribution in [3.8, 4) is 5.82 Å². The summed E-state index contributed by atoms with van der Waals surface area (Å²) in [6, 6.07) is 11.6. The van der Waals surface area contributed by atoms with Gasteiger partial charge in [-0.15, -0.1) is 0 Å². The first kappa shape index (κ1) is 14.8. The van der Waals surface area contributed by atoms with Crippen molar-refractivity contribution in [2.75, 3.05) is 18.4 Å². The number of carbonyl (C=O) groups excluding carboxylic acids is 1. The molecule has 1 aromatic carbocycles. The number of para-hydroxylation sites is 2. The zero-order valence-electron chi connectivity index (χ0n) is 13.3. The van der Waals surface area contributed by atoms with Crippen LogP contribution in [0, 0.1) is 5.92 Å². The molecule has 122 valence electrons. The predicted octanol–water partition coefficient (Wildman–Crippen LogP) is 2.36. The van der Waals surface area contributed by atoms with Crippen molar-refractivity contribution < 1.29 is 4.79 Å². The summed E-state index contributed by atoms with van der Waals surface area (Å²) < 4.78 is 1.93. The monoisotopic (exact) mass is 321 g/mol. The van der Waals surface area contributed by atoms with Gasteiger partial charge in [-0.05, 0) is 49.6 Å². The van der Waals surface area contributed by atoms with Gasteiger partial charge in [0.2, 0.25) is 5.91 Å². The Morgan fingerprint density at radius 1 is 1.17 bits per heavy atom. The average Bonchev–Trinajstić information content (AvgIpc) is 3.32. The molecule has 4 rings (SSSR count). The first-order valence-corrected chi connectivity index (χ1v) is 8.19. The Kier molecular flexibility index (Phi) is 3.96. The van der Waals surface area contributed by atoms with Crippen molar-refractivity contribution in [2.24, 2.45) is 5.92 Å². The minimum absolute atomic E-state index is 0.0433. The van der Waals surface area contributed by atoms with Crippen LogP contribution in [0.15, 0.2) is 48.9 Å². The van der Waals surface area contributed by atoms with E-state index in [1.54, 1.807) is 12.5 Å². The standard InChI is InChI=1S/C18H19N5O/c24-18(11-19-9-13-5-6-13)22-14-7-8-17(20-10-14)23-12-21-15-3-1-2-4-16(15)23/h1-4,7-8,10,12-13,19H,5-6,9,11H2,(H,22,24). The lowest BCUT2D eigenvalue weighted by molar-refractivity contribution is -0.115. The number of fused-ring (bicyclic) bond motifs is 1. The fourth-order valence-electron chi connectivity index (χ4n) is 2.66. The summed E-state index contributed by atoms with van der Waals surface area (Å²) in [6.45, 7) is 1.27. The fraction of sp³-hybridized carbons (Fsp3) is 0.278. The molecule has 3 aromatic rings. The third-order valence-electron chi connectivity index (χ3n) is 4.15. The maximum atomic E-state index is 11.9. The molecule has 1 saturated carbocycles. The van der Waals surface area contributed by atoms with Gasteiger partial charge in [-0.2, -0.15) is 0 Å². The van der Waals surface area contributed by atoms with Crippen molar-refractivity contribution in [2.45, 2.75) is 12.8 Å². The van der Waals surface area contributed by atoms with E-state index in [1.807, 2.05) is 41.0 Å². The number of hydrogen-bond acceptors (Lipinski definition) is 4. The molecule has 2 heterocycles. The molecular weight excluding hydrogens is 302 g/mol. The van der Waals surface area contributed by atoms with E-state index in [2.05, 4.69) is 20.6 Å². The Morgan fingerprint density at radius 2 is 2.04 bits per heavy atom. The zero-order valence-corrected chi connectivity index (χ0v) is 13.3. The molecule has 6 nitrogen and oxygen atoms in total. The van der Waals surface area contributed by atoms with Crippen LogP contribution in [0.2, 0.25) is 0 Å². The molecule has 2 N–H and O–H groups in total. The molecule has 0 saturated heterocycles. The number of nitrogens with one attached hydrogen (secondary N) is 2. The van der Waals surface area contributed by atoms with Crippen molar-refractivity contribution in [1.29, 1.82) is 0 Å². The normalized spacial score (nSPS) is 14.0. The summed E-state index contributed by atoms with van der Waals surface area (Å²) in [4.78, 5) is 20.7. The number of amides is 1. The Hall–Kier alpha value is -2.73. The molecule has 2 aromatic heterocycles. The molecule has 1 amide bonds. The van der Waals surface area contributed by atoms with Gasteiger partial charge in [-0.3, -0.25) is 9.36 Å². The van der Waals surface area contributed by atoms with Crippen molar-refractivity contribution in [1.82, 2.24) is 19.9 Å². The Bertz CT molecular complexity index is 851. The molecule has 1 aliphatic carbocycles. The second-order valence-corrected chi connectivity index (χ2v) is 6.13. The number of imidazole rings is 1. The van der Waals surface area contributed by atoms with Crippen LogP contribution >= 0.6 is 0 Å². The number of pyridine rings is 1. The van der Waals surface area contributed by atoms with Gasteiger partial charge in [0.05, 0.1) is 29.5 Å². The number of benzene rings is 1. The Morgan fingerprint density at radius 3 is 2.83 bits per heavy atom. The van der Waals surface area contributed by atoms with Gasteiger partial charge in [-0.1, -0.05) is 12.1 Å². The van der Waals surface area contributed by atoms with Gasteiger partial charge in [0.1, 0.15) is 12.1 Å². The first-order chi connectivity index (χ1) is 11.8. The van der Waals surface area contributed by atoms with Gasteiger partial charge < -0.3 is 10.6 Å². The highest BCUT2D eigenvalue weighted by molar-refractivity contribution is 5.92. The predicted molar refractivity (Wildman–Crippen MR) is 93.1 cm³/mol. The van der Waals surface area contributed by atoms with E-state index >= 15 is 0 Å². The largest absolute Gasteiger partial charge is 0.324 e. The van der Waals surface area contributed by atoms with E-state index < -0.39 is 0 Å². The third-order valence-corrected chi connectivity index (χ3v) is 4.15. The molecule has 0 unspecified atom stereocenters. The van der Waals surface area contributed by atoms with E-state index in [0.29, 0.717) is 12.2 Å². The van der Waals surface area contributed by atoms with E-state index in [9.17, 15) is 4.79 Å². The third kappa shape index (κ3) is 3.28. The lowest BCUT2D eigenvalue weighted by Gasteiger charge is -2.08. The minimum Gasteiger partial charge on any atom is -0.324 e. The van der Waals surface area contributed by atoms with Gasteiger partial charge in [0.25, 0.3) is 0 Å². The summed E-state index contributed by atoms with van der Waals surface area (Å²) in [6.07, 6.45) is 5.99. The van der Waals surface area contributed by atoms with Gasteiger partial charge >= 0.3 is 0 Å². The zero-order chi connectivity index (χ0) is 16.4. The number of nitrogens with zero attached hydrogens (tertiary/aromatic N) is 3. The number of aromatic nitrogens is 3. The van der Waals surface area contributed by atoms with E-state index in [0.717, 1.165) is 29.3 Å². The van der Waals surface area contributed by atoms with Gasteiger partial charge in [0, 0.05) is 0 Å². The van der Waals surface area contributed by atoms with Crippen LogP contribution in [0.5, 0.6) is 0 Å². The molecule has 0 aliphatic heterocycles. The number of hydrogen-bond donors (Lipinski definition) is 2. The maximum absolute atomic E-state index is 11.9. The summed E-state index contributed by atoms with van der Waals surface area (Å²) in [5, 5.41) is 6.03. The van der Waals surface area contributed by atoms with Crippen molar-refractivity contribution in [3.63, 3.8) is 0 Å². The summed E-state index contributed by atoms with van der Waals surface area (Å²) in [7, 11) is 0. The molecular formula is C18H19N5O. The lowest BCUT2D eigenvalue weighted by atomic mass is 10.3. The second kappa shape index (κ2) is 6.41. The molecule has 1 aliphatic rings. The SMILES string of the molecule is O=C(CNCC1CC1)Nc1ccc(-n2cnc3ccccc32)nc1. The van der Waals surface area contributed by atoms with Crippen LogP contribution in [0.3, 0.4) is 0 Å². The second-order valence-electron chi connectivity index (χ2n) is 6.13. The quantitative estimate of drug-likeness (QED) is 0.731. The van der Waals surface area contributed by atoms with Crippen molar-refractivity contribution in [3.05, 3.63) is 48.9 Å². The highest BCUT2D eigenvalue weighted by Gasteiger charge is 2.20. The van der Waals surface area contributed by atoms with E-state index in [4.69, 9.17) is 0 Å². The van der Waals surface area contributed by atoms with Gasteiger partial charge in [0.15, 0.2) is 0 Å². The smallest absolute Gasteiger partial charge is 0.238 e. The number of rotatable bonds is 6. The van der Waals surface area contributed by atoms with Crippen molar-refractivity contribution >= 4 is 22.6 Å². The highest BCUT2D eigenvalue weighted by Crippen LogP contribution is 2.27. The average molecular weight is 321 g/mol. The molecule has 0 bridgehead atoms. The topological polar surface area (TPSA) is 71.8 Å². The molecule has 0 spiro atoms. The van der Waals surface area contributed by atoms with E-state index in [1.165, 1.54) is 12.8 Å². The Labute approximate surface area is 139 Å². The summed E-state index contributed by atoms with van der Waals surface area (Å²) in [5.41, 5.74) is 2.63. The molecule has 6 heteroatoms. The van der Waals surface area contributed by atoms with Crippen LogP contribution in [0.1, 0.15) is 12.8 Å². The first-order valence-electron chi connectivity index (χ1n) is 8.19. The van der Waals surface area contributed by atoms with Crippen LogP contribution in [0.25, 0.3) is 16.9 Å². The lowest BCUT2D eigenvalue weighted by Crippen LogP contribution is -2.29. The number of carbonyl (C=O) groups is 1. The molecule has 0 atom stereocenters. The van der Waals surface area contributed by atoms with Gasteiger partial charge in [-0.25, -0.2) is 9.97 Å². The molecule has 24 heavy (non-hydrogen) atoms. The molecule has 0 radical (unpaired) electrons. The summed E-state index contributed by atoms with van der Waals surface area (Å²) in [5.74, 6) is 1.50. The van der Waals surface area contributed by atoms with Crippen LogP contribution in [-0.2, 0) is 4.79 Å². The maximum Gasteiger partial charge on any atom is 0.238 e. The summed E-state index contributed by atoms with van der Waals surface area (Å²) >= 11 is 0. The van der Waals surface area contributed by atoms with E-state index in [-0.39, 0.29) is 5.91 Å². The van der Waals surface area contributed by atoms with Crippen LogP contribution in [0.4, 0.5) is 5.69 Å². The molecule has 1 fully saturated rings. The minimum atomic E-state index is -0.0433. The number of anilines is 1.